The molecule has 0 aliphatic heterocycles. The maximum absolute atomic E-state index is 10.3. The lowest BCUT2D eigenvalue weighted by molar-refractivity contribution is -0.107. The zero-order chi connectivity index (χ0) is 9.84. The molecule has 0 aromatic heterocycles. The predicted molar refractivity (Wildman–Crippen MR) is 52.8 cm³/mol. The topological polar surface area (TPSA) is 26.3 Å². The maximum Gasteiger partial charge on any atom is 0.138 e. The third-order valence-corrected chi connectivity index (χ3v) is 2.27. The Balaban J connectivity index is 3.12. The van der Waals surface area contributed by atoms with Gasteiger partial charge in [0.05, 0.1) is 12.1 Å². The summed E-state index contributed by atoms with van der Waals surface area (Å²) in [5, 5.41) is 0.956. The van der Waals surface area contributed by atoms with E-state index >= 15 is 0 Å². The van der Waals surface area contributed by atoms with Crippen molar-refractivity contribution in [2.24, 2.45) is 0 Å². The van der Waals surface area contributed by atoms with E-state index in [1.807, 2.05) is 0 Å². The minimum absolute atomic E-state index is 0.266. The van der Waals surface area contributed by atoms with Gasteiger partial charge in [-0.25, -0.2) is 0 Å². The second kappa shape index (κ2) is 4.49. The molecule has 2 nitrogen and oxygen atoms in total. The highest BCUT2D eigenvalue weighted by Gasteiger charge is 2.06. The molecule has 0 unspecified atom stereocenters. The first-order valence-electron chi connectivity index (χ1n) is 3.64. The van der Waals surface area contributed by atoms with Crippen LogP contribution in [0.2, 0.25) is 10.0 Å². The first-order chi connectivity index (χ1) is 6.19. The Morgan fingerprint density at radius 2 is 2.08 bits per heavy atom. The summed E-state index contributed by atoms with van der Waals surface area (Å²) in [5.74, 6) is 0.515. The standard InChI is InChI=1S/C9H8Cl2O2/c1-13-9-5-7(10)6(2-3-12)4-8(9)11/h3-5H,2H2,1H3. The molecule has 0 aliphatic carbocycles. The van der Waals surface area contributed by atoms with Gasteiger partial charge in [0.15, 0.2) is 0 Å². The number of benzene rings is 1. The Hall–Kier alpha value is -0.730. The number of hydrogen-bond acceptors (Lipinski definition) is 2. The van der Waals surface area contributed by atoms with Gasteiger partial charge < -0.3 is 9.53 Å². The van der Waals surface area contributed by atoms with Crippen LogP contribution in [-0.4, -0.2) is 13.4 Å². The van der Waals surface area contributed by atoms with Crippen molar-refractivity contribution in [3.05, 3.63) is 27.7 Å². The quantitative estimate of drug-likeness (QED) is 0.730. The smallest absolute Gasteiger partial charge is 0.138 e. The van der Waals surface area contributed by atoms with Gasteiger partial charge in [-0.05, 0) is 11.6 Å². The van der Waals surface area contributed by atoms with E-state index in [-0.39, 0.29) is 6.42 Å². The largest absolute Gasteiger partial charge is 0.495 e. The Bertz CT molecular complexity index is 324. The average molecular weight is 219 g/mol. The zero-order valence-electron chi connectivity index (χ0n) is 7.01. The van der Waals surface area contributed by atoms with Crippen LogP contribution in [0, 0.1) is 0 Å². The highest BCUT2D eigenvalue weighted by Crippen LogP contribution is 2.30. The number of aldehydes is 1. The summed E-state index contributed by atoms with van der Waals surface area (Å²) < 4.78 is 4.95. The Labute approximate surface area is 86.4 Å². The lowest BCUT2D eigenvalue weighted by Crippen LogP contribution is -1.90. The van der Waals surface area contributed by atoms with E-state index in [2.05, 4.69) is 0 Å². The van der Waals surface area contributed by atoms with Crippen molar-refractivity contribution in [1.29, 1.82) is 0 Å². The molecule has 0 heterocycles. The Morgan fingerprint density at radius 1 is 1.38 bits per heavy atom. The molecular weight excluding hydrogens is 211 g/mol. The summed E-state index contributed by atoms with van der Waals surface area (Å²) in [6.07, 6.45) is 1.05. The maximum atomic E-state index is 10.3. The van der Waals surface area contributed by atoms with E-state index in [0.29, 0.717) is 21.4 Å². The van der Waals surface area contributed by atoms with Crippen LogP contribution in [0.4, 0.5) is 0 Å². The molecule has 0 bridgehead atoms. The van der Waals surface area contributed by atoms with Crippen molar-refractivity contribution in [2.45, 2.75) is 6.42 Å². The normalized spacial score (nSPS) is 9.77. The number of carbonyl (C=O) groups excluding carboxylic acids is 1. The van der Waals surface area contributed by atoms with Crippen LogP contribution in [0.15, 0.2) is 12.1 Å². The Morgan fingerprint density at radius 3 is 2.62 bits per heavy atom. The number of ether oxygens (including phenoxy) is 1. The molecular formula is C9H8Cl2O2. The molecule has 13 heavy (non-hydrogen) atoms. The van der Waals surface area contributed by atoms with Gasteiger partial charge in [-0.15, -0.1) is 0 Å². The molecule has 0 saturated carbocycles. The van der Waals surface area contributed by atoms with Crippen molar-refractivity contribution in [3.63, 3.8) is 0 Å². The van der Waals surface area contributed by atoms with Crippen LogP contribution < -0.4 is 4.74 Å². The highest BCUT2D eigenvalue weighted by atomic mass is 35.5. The van der Waals surface area contributed by atoms with Gasteiger partial charge in [-0.1, -0.05) is 23.2 Å². The van der Waals surface area contributed by atoms with Gasteiger partial charge in [-0.3, -0.25) is 0 Å². The molecule has 0 spiro atoms. The van der Waals surface area contributed by atoms with Gasteiger partial charge in [0.2, 0.25) is 0 Å². The second-order valence-electron chi connectivity index (χ2n) is 2.45. The number of methoxy groups -OCH3 is 1. The lowest BCUT2D eigenvalue weighted by Gasteiger charge is -2.06. The van der Waals surface area contributed by atoms with Gasteiger partial charge in [-0.2, -0.15) is 0 Å². The van der Waals surface area contributed by atoms with E-state index in [4.69, 9.17) is 27.9 Å². The molecule has 0 aliphatic rings. The average Bonchev–Trinajstić information content (AvgIpc) is 2.11. The molecule has 0 atom stereocenters. The summed E-state index contributed by atoms with van der Waals surface area (Å²) in [4.78, 5) is 10.3. The van der Waals surface area contributed by atoms with Crippen LogP contribution in [0.3, 0.4) is 0 Å². The summed E-state index contributed by atoms with van der Waals surface area (Å²) >= 11 is 11.7. The van der Waals surface area contributed by atoms with Crippen LogP contribution in [0.1, 0.15) is 5.56 Å². The van der Waals surface area contributed by atoms with Gasteiger partial charge in [0.1, 0.15) is 12.0 Å². The number of hydrogen-bond donors (Lipinski definition) is 0. The van der Waals surface area contributed by atoms with Crippen molar-refractivity contribution >= 4 is 29.5 Å². The summed E-state index contributed by atoms with van der Waals surface area (Å²) in [7, 11) is 1.51. The van der Waals surface area contributed by atoms with E-state index in [1.165, 1.54) is 7.11 Å². The summed E-state index contributed by atoms with van der Waals surface area (Å²) in [5.41, 5.74) is 0.711. The highest BCUT2D eigenvalue weighted by molar-refractivity contribution is 6.34. The van der Waals surface area contributed by atoms with Crippen LogP contribution in [-0.2, 0) is 11.2 Å². The lowest BCUT2D eigenvalue weighted by atomic mass is 10.1. The molecule has 1 aromatic rings. The minimum Gasteiger partial charge on any atom is -0.495 e. The van der Waals surface area contributed by atoms with E-state index in [1.54, 1.807) is 12.1 Å². The van der Waals surface area contributed by atoms with E-state index in [0.717, 1.165) is 6.29 Å². The third-order valence-electron chi connectivity index (χ3n) is 1.62. The molecule has 0 amide bonds. The van der Waals surface area contributed by atoms with Crippen LogP contribution >= 0.6 is 23.2 Å². The number of rotatable bonds is 3. The van der Waals surface area contributed by atoms with Crippen molar-refractivity contribution in [1.82, 2.24) is 0 Å². The predicted octanol–water partition coefficient (Wildman–Crippen LogP) is 2.74. The van der Waals surface area contributed by atoms with Gasteiger partial charge in [0, 0.05) is 17.5 Å². The van der Waals surface area contributed by atoms with Gasteiger partial charge in [0.25, 0.3) is 0 Å². The molecule has 0 saturated heterocycles. The second-order valence-corrected chi connectivity index (χ2v) is 3.26. The van der Waals surface area contributed by atoms with Gasteiger partial charge >= 0.3 is 0 Å². The number of halogens is 2. The zero-order valence-corrected chi connectivity index (χ0v) is 8.52. The fraction of sp³-hybridized carbons (Fsp3) is 0.222. The monoisotopic (exact) mass is 218 g/mol. The Kier molecular flexibility index (Phi) is 3.58. The first-order valence-corrected chi connectivity index (χ1v) is 4.40. The van der Waals surface area contributed by atoms with Crippen molar-refractivity contribution < 1.29 is 9.53 Å². The summed E-state index contributed by atoms with van der Waals surface area (Å²) in [6, 6.07) is 3.24. The van der Waals surface area contributed by atoms with Crippen molar-refractivity contribution in [2.75, 3.05) is 7.11 Å². The molecule has 70 valence electrons. The van der Waals surface area contributed by atoms with Crippen LogP contribution in [0.5, 0.6) is 5.75 Å². The molecule has 0 N–H and O–H groups in total. The molecule has 0 fully saturated rings. The minimum atomic E-state index is 0.266. The van der Waals surface area contributed by atoms with Crippen LogP contribution in [0.25, 0.3) is 0 Å². The molecule has 4 heteroatoms. The van der Waals surface area contributed by atoms with E-state index < -0.39 is 0 Å². The van der Waals surface area contributed by atoms with Crippen molar-refractivity contribution in [3.8, 4) is 5.75 Å². The summed E-state index contributed by atoms with van der Waals surface area (Å²) in [6.45, 7) is 0. The fourth-order valence-corrected chi connectivity index (χ4v) is 1.47. The SMILES string of the molecule is COc1cc(Cl)c(CC=O)cc1Cl. The van der Waals surface area contributed by atoms with E-state index in [9.17, 15) is 4.79 Å². The number of carbonyl (C=O) groups is 1. The third kappa shape index (κ3) is 2.36. The first kappa shape index (κ1) is 10.4. The molecule has 0 radical (unpaired) electrons. The fourth-order valence-electron chi connectivity index (χ4n) is 0.972. The molecule has 1 rings (SSSR count). The molecule has 1 aromatic carbocycles.